The van der Waals surface area contributed by atoms with Gasteiger partial charge in [-0.3, -0.25) is 14.6 Å². The molecule has 0 radical (unpaired) electrons. The van der Waals surface area contributed by atoms with Crippen LogP contribution in [0, 0.1) is 11.3 Å². The molecule has 1 aromatic heterocycles. The Hall–Kier alpha value is -2.87. The second-order valence-electron chi connectivity index (χ2n) is 8.68. The first kappa shape index (κ1) is 24.8. The maximum atomic E-state index is 13.1. The molecule has 36 heavy (non-hydrogen) atoms. The molecule has 5 rings (SSSR count). The molecule has 11 heteroatoms. The van der Waals surface area contributed by atoms with E-state index in [-0.39, 0.29) is 5.91 Å². The van der Waals surface area contributed by atoms with Gasteiger partial charge >= 0.3 is 0 Å². The largest absolute Gasteiger partial charge is 0.324 e. The highest BCUT2D eigenvalue weighted by Gasteiger charge is 2.30. The summed E-state index contributed by atoms with van der Waals surface area (Å²) in [5.74, 6) is 0.421. The molecule has 1 saturated heterocycles. The molecule has 0 unspecified atom stereocenters. The van der Waals surface area contributed by atoms with Crippen molar-refractivity contribution in [3.8, 4) is 6.07 Å². The number of likely N-dealkylation sites (N-methyl/N-ethyl adjacent to an activating group) is 1. The highest BCUT2D eigenvalue weighted by molar-refractivity contribution is 7.99. The van der Waals surface area contributed by atoms with Gasteiger partial charge in [-0.25, -0.2) is 9.97 Å². The number of fused-ring (bicyclic) bond motifs is 1. The van der Waals surface area contributed by atoms with Gasteiger partial charge in [0.2, 0.25) is 5.95 Å². The summed E-state index contributed by atoms with van der Waals surface area (Å²) in [6.07, 6.45) is 1.50. The van der Waals surface area contributed by atoms with Crippen LogP contribution in [-0.2, 0) is 6.54 Å². The lowest BCUT2D eigenvalue weighted by molar-refractivity contribution is 0.0985. The number of carbonyl (C=O) groups excluding carboxylic acids is 1. The number of aromatic nitrogens is 2. The zero-order valence-electron chi connectivity index (χ0n) is 19.5. The van der Waals surface area contributed by atoms with Gasteiger partial charge in [-0.15, -0.1) is 0 Å². The molecular weight excluding hydrogens is 517 g/mol. The summed E-state index contributed by atoms with van der Waals surface area (Å²) in [5, 5.41) is 14.3. The highest BCUT2D eigenvalue weighted by atomic mass is 35.5. The summed E-state index contributed by atoms with van der Waals surface area (Å²) < 4.78 is 0. The van der Waals surface area contributed by atoms with Crippen molar-refractivity contribution < 1.29 is 4.79 Å². The van der Waals surface area contributed by atoms with E-state index >= 15 is 0 Å². The minimum atomic E-state index is -0.259. The molecule has 3 heterocycles. The number of thioether (sulfide) groups is 1. The molecule has 1 amide bonds. The van der Waals surface area contributed by atoms with Crippen LogP contribution >= 0.6 is 35.0 Å². The van der Waals surface area contributed by atoms with Crippen LogP contribution in [0.3, 0.4) is 0 Å². The van der Waals surface area contributed by atoms with Crippen molar-refractivity contribution in [2.45, 2.75) is 11.6 Å². The Kier molecular flexibility index (Phi) is 7.32. The van der Waals surface area contributed by atoms with Crippen molar-refractivity contribution in [2.75, 3.05) is 49.3 Å². The fourth-order valence-electron chi connectivity index (χ4n) is 4.20. The normalized spacial score (nSPS) is 16.5. The lowest BCUT2D eigenvalue weighted by Crippen LogP contribution is -2.43. The van der Waals surface area contributed by atoms with Crippen LogP contribution in [0.5, 0.6) is 0 Å². The molecule has 2 aliphatic rings. The van der Waals surface area contributed by atoms with E-state index in [4.69, 9.17) is 23.2 Å². The topological polar surface area (TPSA) is 88.4 Å². The van der Waals surface area contributed by atoms with Crippen LogP contribution in [0.1, 0.15) is 21.5 Å². The van der Waals surface area contributed by atoms with E-state index in [9.17, 15) is 10.1 Å². The Morgan fingerprint density at radius 2 is 1.89 bits per heavy atom. The number of para-hydroxylation sites is 1. The first-order valence-electron chi connectivity index (χ1n) is 11.4. The molecule has 0 spiro atoms. The number of benzene rings is 2. The average Bonchev–Trinajstić information content (AvgIpc) is 2.87. The van der Waals surface area contributed by atoms with Gasteiger partial charge in [-0.05, 0) is 36.9 Å². The third kappa shape index (κ3) is 5.14. The third-order valence-electron chi connectivity index (χ3n) is 6.24. The SMILES string of the molecule is CN1CCN(Cc2ccc(Nc3ncc4c(n3)SCN(c3c(Cl)cccc3Cl)C4=O)cc2C#N)CC1. The molecular formula is C25H23Cl2N7OS. The molecule has 0 bridgehead atoms. The minimum absolute atomic E-state index is 0.259. The van der Waals surface area contributed by atoms with Gasteiger partial charge in [-0.2, -0.15) is 5.26 Å². The number of nitriles is 1. The molecule has 3 aromatic rings. The Balaban J connectivity index is 1.31. The maximum Gasteiger partial charge on any atom is 0.263 e. The van der Waals surface area contributed by atoms with Gasteiger partial charge in [-0.1, -0.05) is 47.1 Å². The van der Waals surface area contributed by atoms with E-state index in [2.05, 4.69) is 38.2 Å². The number of nitrogens with zero attached hydrogens (tertiary/aromatic N) is 6. The van der Waals surface area contributed by atoms with Crippen molar-refractivity contribution in [2.24, 2.45) is 0 Å². The molecule has 0 aliphatic carbocycles. The van der Waals surface area contributed by atoms with Gasteiger partial charge in [0.1, 0.15) is 5.03 Å². The van der Waals surface area contributed by atoms with E-state index in [1.165, 1.54) is 22.9 Å². The first-order chi connectivity index (χ1) is 17.4. The van der Waals surface area contributed by atoms with Crippen molar-refractivity contribution in [3.63, 3.8) is 0 Å². The Morgan fingerprint density at radius 3 is 2.61 bits per heavy atom. The minimum Gasteiger partial charge on any atom is -0.324 e. The predicted molar refractivity (Wildman–Crippen MR) is 143 cm³/mol. The molecule has 0 saturated carbocycles. The summed E-state index contributed by atoms with van der Waals surface area (Å²) >= 11 is 14.0. The molecule has 8 nitrogen and oxygen atoms in total. The smallest absolute Gasteiger partial charge is 0.263 e. The number of amides is 1. The number of nitrogens with one attached hydrogen (secondary N) is 1. The number of hydrogen-bond donors (Lipinski definition) is 1. The number of anilines is 3. The average molecular weight is 540 g/mol. The van der Waals surface area contributed by atoms with Gasteiger partial charge in [0.05, 0.1) is 38.8 Å². The second-order valence-corrected chi connectivity index (χ2v) is 10.4. The molecule has 2 aliphatic heterocycles. The lowest BCUT2D eigenvalue weighted by Gasteiger charge is -2.32. The highest BCUT2D eigenvalue weighted by Crippen LogP contribution is 2.39. The molecule has 2 aromatic carbocycles. The number of halogens is 2. The Labute approximate surface area is 223 Å². The van der Waals surface area contributed by atoms with E-state index in [1.807, 2.05) is 18.2 Å². The van der Waals surface area contributed by atoms with E-state index in [0.29, 0.717) is 49.4 Å². The van der Waals surface area contributed by atoms with E-state index in [0.717, 1.165) is 38.3 Å². The summed E-state index contributed by atoms with van der Waals surface area (Å²) in [7, 11) is 2.13. The summed E-state index contributed by atoms with van der Waals surface area (Å²) in [6.45, 7) is 4.78. The maximum absolute atomic E-state index is 13.1. The van der Waals surface area contributed by atoms with E-state index in [1.54, 1.807) is 18.2 Å². The second kappa shape index (κ2) is 10.6. The molecule has 1 N–H and O–H groups in total. The van der Waals surface area contributed by atoms with Crippen molar-refractivity contribution >= 4 is 58.2 Å². The Bertz CT molecular complexity index is 1330. The zero-order valence-corrected chi connectivity index (χ0v) is 21.9. The predicted octanol–water partition coefficient (Wildman–Crippen LogP) is 4.86. The summed E-state index contributed by atoms with van der Waals surface area (Å²) in [5.41, 5.74) is 3.19. The van der Waals surface area contributed by atoms with Crippen LogP contribution < -0.4 is 10.2 Å². The first-order valence-corrected chi connectivity index (χ1v) is 13.1. The lowest BCUT2D eigenvalue weighted by atomic mass is 10.1. The van der Waals surface area contributed by atoms with Crippen LogP contribution in [0.15, 0.2) is 47.6 Å². The number of hydrogen-bond acceptors (Lipinski definition) is 8. The quantitative estimate of drug-likeness (QED) is 0.460. The Morgan fingerprint density at radius 1 is 1.14 bits per heavy atom. The van der Waals surface area contributed by atoms with Crippen molar-refractivity contribution in [1.82, 2.24) is 19.8 Å². The number of piperazine rings is 1. The molecule has 0 atom stereocenters. The van der Waals surface area contributed by atoms with Crippen LogP contribution in [0.25, 0.3) is 0 Å². The summed E-state index contributed by atoms with van der Waals surface area (Å²) in [6, 6.07) is 13.2. The zero-order chi connectivity index (χ0) is 25.2. The van der Waals surface area contributed by atoms with Gasteiger partial charge in [0.15, 0.2) is 0 Å². The van der Waals surface area contributed by atoms with E-state index < -0.39 is 0 Å². The van der Waals surface area contributed by atoms with Gasteiger partial charge < -0.3 is 10.2 Å². The van der Waals surface area contributed by atoms with Gasteiger partial charge in [0.25, 0.3) is 5.91 Å². The third-order valence-corrected chi connectivity index (χ3v) is 7.83. The molecule has 184 valence electrons. The number of carbonyl (C=O) groups is 1. The summed E-state index contributed by atoms with van der Waals surface area (Å²) in [4.78, 5) is 28.2. The van der Waals surface area contributed by atoms with Gasteiger partial charge in [0, 0.05) is 44.6 Å². The fourth-order valence-corrected chi connectivity index (χ4v) is 5.74. The van der Waals surface area contributed by atoms with Crippen LogP contribution in [0.2, 0.25) is 10.0 Å². The number of rotatable bonds is 5. The van der Waals surface area contributed by atoms with Crippen LogP contribution in [0.4, 0.5) is 17.3 Å². The monoisotopic (exact) mass is 539 g/mol. The fraction of sp³-hybridized carbons (Fsp3) is 0.280. The van der Waals surface area contributed by atoms with Crippen LogP contribution in [-0.4, -0.2) is 64.8 Å². The van der Waals surface area contributed by atoms with Crippen molar-refractivity contribution in [1.29, 1.82) is 5.26 Å². The molecule has 1 fully saturated rings. The van der Waals surface area contributed by atoms with Crippen molar-refractivity contribution in [3.05, 3.63) is 69.3 Å². The standard InChI is InChI=1S/C25H23Cl2N7OS/c1-32-7-9-33(10-8-32)14-16-5-6-18(11-17(16)12-28)30-25-29-13-19-23(31-25)36-15-34(24(19)35)22-20(26)3-2-4-21(22)27/h2-6,11,13H,7-10,14-15H2,1H3,(H,29,30,31).